The highest BCUT2D eigenvalue weighted by atomic mass is 16.3. The van der Waals surface area contributed by atoms with E-state index in [1.54, 1.807) is 37.2 Å². The standard InChI is InChI=1S/C30H34N4O8/c1-4-13-8-16(12-33-29(41)14-6-5-7-32-11-14)23(35)20-17(13)9-15-10-18-22(34(2)3)25(37)21(28(31)40)27(39)30(18,42)26(38)19(15)24(20)36/h5-8,11,15,18,21-22,25,35-37,42H,4,9-10,12H2,1-3H3,(H2,31,40)(H,33,41)/t15-,18-,21?,22-,25?,30-/m1/s1. The minimum atomic E-state index is -2.72. The van der Waals surface area contributed by atoms with Crippen LogP contribution in [0.2, 0.25) is 0 Å². The SMILES string of the molecule is CCc1cc(CNC(=O)c2cccnc2)c(O)c2c1C[C@@H]1C[C@@H]3[C@@H](N(C)C)C(O)C(C(N)=O)C(=O)[C@]3(O)C(=O)C1=C2O. The highest BCUT2D eigenvalue weighted by Crippen LogP contribution is 2.53. The molecule has 2 aromatic rings. The van der Waals surface area contributed by atoms with Crippen molar-refractivity contribution in [3.8, 4) is 5.75 Å². The third-order valence-corrected chi connectivity index (χ3v) is 9.00. The van der Waals surface area contributed by atoms with Gasteiger partial charge in [-0.2, -0.15) is 0 Å². The number of phenols is 1. The predicted octanol–water partition coefficient (Wildman–Crippen LogP) is 0.0164. The molecule has 0 aliphatic heterocycles. The average Bonchev–Trinajstić information content (AvgIpc) is 2.94. The molecule has 12 nitrogen and oxygen atoms in total. The maximum absolute atomic E-state index is 14.0. The second-order valence-corrected chi connectivity index (χ2v) is 11.5. The van der Waals surface area contributed by atoms with Crippen LogP contribution >= 0.6 is 0 Å². The Morgan fingerprint density at radius 1 is 1.21 bits per heavy atom. The molecule has 1 aromatic carbocycles. The summed E-state index contributed by atoms with van der Waals surface area (Å²) >= 11 is 0. The maximum atomic E-state index is 14.0. The van der Waals surface area contributed by atoms with Crippen LogP contribution in [0.15, 0.2) is 36.2 Å². The fourth-order valence-corrected chi connectivity index (χ4v) is 7.04. The van der Waals surface area contributed by atoms with Gasteiger partial charge in [0.25, 0.3) is 5.91 Å². The first-order valence-electron chi connectivity index (χ1n) is 13.8. The molecule has 0 bridgehead atoms. The van der Waals surface area contributed by atoms with Crippen molar-refractivity contribution in [2.75, 3.05) is 14.1 Å². The van der Waals surface area contributed by atoms with Crippen LogP contribution in [0.1, 0.15) is 46.0 Å². The molecule has 12 heteroatoms. The van der Waals surface area contributed by atoms with Gasteiger partial charge in [0.1, 0.15) is 17.4 Å². The number of hydrogen-bond acceptors (Lipinski definition) is 10. The number of Topliss-reactive ketones (excluding diaryl/α,β-unsaturated/α-hetero) is 2. The molecule has 6 atom stereocenters. The van der Waals surface area contributed by atoms with E-state index < -0.39 is 64.6 Å². The number of pyridine rings is 1. The molecule has 2 amide bonds. The zero-order valence-corrected chi connectivity index (χ0v) is 23.5. The van der Waals surface area contributed by atoms with Crippen molar-refractivity contribution in [1.29, 1.82) is 0 Å². The molecule has 1 heterocycles. The molecule has 3 aliphatic carbocycles. The van der Waals surface area contributed by atoms with Crippen molar-refractivity contribution >= 4 is 29.1 Å². The molecule has 5 rings (SSSR count). The lowest BCUT2D eigenvalue weighted by Crippen LogP contribution is -2.73. The molecule has 7 N–H and O–H groups in total. The number of likely N-dealkylation sites (N-methyl/N-ethyl adjacent to an activating group) is 1. The Morgan fingerprint density at radius 2 is 1.93 bits per heavy atom. The topological polar surface area (TPSA) is 203 Å². The van der Waals surface area contributed by atoms with Crippen LogP contribution in [0.25, 0.3) is 5.76 Å². The fraction of sp³-hybridized carbons (Fsp3) is 0.433. The summed E-state index contributed by atoms with van der Waals surface area (Å²) in [5.74, 6) is -8.32. The third kappa shape index (κ3) is 4.29. The molecule has 2 saturated carbocycles. The monoisotopic (exact) mass is 578 g/mol. The number of hydrogen-bond donors (Lipinski definition) is 6. The number of aliphatic hydroxyl groups excluding tert-OH is 2. The van der Waals surface area contributed by atoms with E-state index in [0.29, 0.717) is 23.1 Å². The number of nitrogens with one attached hydrogen (secondary N) is 1. The first kappa shape index (κ1) is 29.4. The Balaban J connectivity index is 1.59. The Labute approximate surface area is 241 Å². The molecule has 0 saturated heterocycles. The Morgan fingerprint density at radius 3 is 2.52 bits per heavy atom. The largest absolute Gasteiger partial charge is 0.507 e. The highest BCUT2D eigenvalue weighted by Gasteiger charge is 2.67. The van der Waals surface area contributed by atoms with Gasteiger partial charge in [-0.15, -0.1) is 0 Å². The molecule has 1 aromatic heterocycles. The highest BCUT2D eigenvalue weighted by molar-refractivity contribution is 6.25. The van der Waals surface area contributed by atoms with Gasteiger partial charge < -0.3 is 36.4 Å². The van der Waals surface area contributed by atoms with Crippen LogP contribution in [0, 0.1) is 17.8 Å². The van der Waals surface area contributed by atoms with E-state index in [0.717, 1.165) is 5.56 Å². The van der Waals surface area contributed by atoms with Gasteiger partial charge in [-0.1, -0.05) is 13.0 Å². The van der Waals surface area contributed by atoms with Crippen LogP contribution in [0.3, 0.4) is 0 Å². The van der Waals surface area contributed by atoms with Gasteiger partial charge in [0.05, 0.1) is 17.2 Å². The minimum absolute atomic E-state index is 0.000491. The van der Waals surface area contributed by atoms with E-state index in [1.807, 2.05) is 6.92 Å². The van der Waals surface area contributed by atoms with Crippen molar-refractivity contribution in [2.24, 2.45) is 23.5 Å². The lowest BCUT2D eigenvalue weighted by Gasteiger charge is -2.53. The van der Waals surface area contributed by atoms with E-state index in [2.05, 4.69) is 10.3 Å². The van der Waals surface area contributed by atoms with Crippen molar-refractivity contribution in [1.82, 2.24) is 15.2 Å². The molecule has 222 valence electrons. The minimum Gasteiger partial charge on any atom is -0.507 e. The normalized spacial score (nSPS) is 28.7. The average molecular weight is 579 g/mol. The van der Waals surface area contributed by atoms with E-state index in [4.69, 9.17) is 5.73 Å². The number of aliphatic hydroxyl groups is 3. The van der Waals surface area contributed by atoms with Crippen molar-refractivity contribution in [3.05, 3.63) is 64.0 Å². The number of rotatable bonds is 6. The second-order valence-electron chi connectivity index (χ2n) is 11.5. The summed E-state index contributed by atoms with van der Waals surface area (Å²) in [5.41, 5.74) is 4.50. The lowest BCUT2D eigenvalue weighted by molar-refractivity contribution is -0.184. The number of aryl methyl sites for hydroxylation is 1. The summed E-state index contributed by atoms with van der Waals surface area (Å²) in [7, 11) is 3.21. The zero-order chi connectivity index (χ0) is 30.7. The zero-order valence-electron chi connectivity index (χ0n) is 23.5. The van der Waals surface area contributed by atoms with Gasteiger partial charge in [-0.25, -0.2) is 0 Å². The van der Waals surface area contributed by atoms with E-state index in [9.17, 15) is 39.6 Å². The number of amides is 2. The number of nitrogens with zero attached hydrogens (tertiary/aromatic N) is 2. The van der Waals surface area contributed by atoms with Gasteiger partial charge in [0.2, 0.25) is 11.7 Å². The molecular weight excluding hydrogens is 544 g/mol. The predicted molar refractivity (Wildman–Crippen MR) is 149 cm³/mol. The Hall–Kier alpha value is -4.13. The van der Waals surface area contributed by atoms with Gasteiger partial charge >= 0.3 is 0 Å². The van der Waals surface area contributed by atoms with Crippen LogP contribution in [-0.2, 0) is 33.8 Å². The maximum Gasteiger partial charge on any atom is 0.253 e. The second kappa shape index (κ2) is 10.6. The summed E-state index contributed by atoms with van der Waals surface area (Å²) < 4.78 is 0. The van der Waals surface area contributed by atoms with Crippen LogP contribution in [-0.4, -0.2) is 85.5 Å². The molecule has 3 aliphatic rings. The Bertz CT molecular complexity index is 1520. The number of carbonyl (C=O) groups excluding carboxylic acids is 4. The van der Waals surface area contributed by atoms with Gasteiger partial charge in [-0.3, -0.25) is 24.2 Å². The van der Waals surface area contributed by atoms with Crippen molar-refractivity contribution in [3.63, 3.8) is 0 Å². The summed E-state index contributed by atoms with van der Waals surface area (Å²) in [6.45, 7) is 1.81. The first-order chi connectivity index (χ1) is 19.8. The number of phenolic OH excluding ortho intramolecular Hbond substituents is 1. The lowest BCUT2D eigenvalue weighted by atomic mass is 9.54. The smallest absolute Gasteiger partial charge is 0.253 e. The molecule has 2 unspecified atom stereocenters. The van der Waals surface area contributed by atoms with Crippen molar-refractivity contribution in [2.45, 2.75) is 50.5 Å². The van der Waals surface area contributed by atoms with E-state index in [-0.39, 0.29) is 36.3 Å². The van der Waals surface area contributed by atoms with Gasteiger partial charge in [0, 0.05) is 42.0 Å². The number of aromatic hydroxyl groups is 1. The fourth-order valence-electron chi connectivity index (χ4n) is 7.04. The molecule has 42 heavy (non-hydrogen) atoms. The van der Waals surface area contributed by atoms with Crippen molar-refractivity contribution < 1.29 is 39.6 Å². The molecular formula is C30H34N4O8. The summed E-state index contributed by atoms with van der Waals surface area (Å²) in [5, 5.41) is 48.3. The van der Waals surface area contributed by atoms with E-state index >= 15 is 0 Å². The molecule has 0 radical (unpaired) electrons. The number of nitrogens with two attached hydrogens (primary N) is 1. The number of benzene rings is 1. The Kier molecular flexibility index (Phi) is 7.42. The molecule has 0 spiro atoms. The third-order valence-electron chi connectivity index (χ3n) is 9.00. The summed E-state index contributed by atoms with van der Waals surface area (Å²) in [6.07, 6.45) is 2.17. The van der Waals surface area contributed by atoms with Gasteiger partial charge in [-0.05, 0) is 62.5 Å². The van der Waals surface area contributed by atoms with Crippen LogP contribution < -0.4 is 11.1 Å². The van der Waals surface area contributed by atoms with E-state index in [1.165, 1.54) is 12.4 Å². The number of aromatic nitrogens is 1. The molecule has 2 fully saturated rings. The number of fused-ring (bicyclic) bond motifs is 3. The quantitative estimate of drug-likeness (QED) is 0.254. The van der Waals surface area contributed by atoms with Gasteiger partial charge in [0.15, 0.2) is 11.4 Å². The van der Waals surface area contributed by atoms with Crippen LogP contribution in [0.4, 0.5) is 0 Å². The number of carbonyl (C=O) groups is 4. The van der Waals surface area contributed by atoms with Crippen LogP contribution in [0.5, 0.6) is 5.75 Å². The summed E-state index contributed by atoms with van der Waals surface area (Å²) in [4.78, 5) is 57.8. The first-order valence-corrected chi connectivity index (χ1v) is 13.8. The summed E-state index contributed by atoms with van der Waals surface area (Å²) in [6, 6.07) is 3.99. The number of primary amides is 1. The number of ketones is 2.